The van der Waals surface area contributed by atoms with Gasteiger partial charge in [-0.25, -0.2) is 9.97 Å². The van der Waals surface area contributed by atoms with Crippen LogP contribution >= 0.6 is 34.8 Å². The van der Waals surface area contributed by atoms with E-state index in [1.807, 2.05) is 0 Å². The summed E-state index contributed by atoms with van der Waals surface area (Å²) in [6.07, 6.45) is 2.96. The molecule has 0 bridgehead atoms. The van der Waals surface area contributed by atoms with Crippen molar-refractivity contribution in [2.75, 3.05) is 0 Å². The molecule has 0 unspecified atom stereocenters. The van der Waals surface area contributed by atoms with Gasteiger partial charge >= 0.3 is 0 Å². The molecule has 0 radical (unpaired) electrons. The second-order valence-electron chi connectivity index (χ2n) is 2.83. The molecule has 0 atom stereocenters. The van der Waals surface area contributed by atoms with Gasteiger partial charge in [0.1, 0.15) is 5.75 Å². The number of hydrogen-bond acceptors (Lipinski definition) is 3. The van der Waals surface area contributed by atoms with Gasteiger partial charge in [0, 0.05) is 18.5 Å². The van der Waals surface area contributed by atoms with Gasteiger partial charge < -0.3 is 4.74 Å². The number of halogens is 3. The van der Waals surface area contributed by atoms with Gasteiger partial charge in [-0.15, -0.1) is 0 Å². The SMILES string of the molecule is Clc1ccc(Oc2nccnc2Cl)cc1Cl. The van der Waals surface area contributed by atoms with Gasteiger partial charge in [0.2, 0.25) is 0 Å². The molecule has 3 nitrogen and oxygen atoms in total. The Morgan fingerprint density at radius 2 is 1.69 bits per heavy atom. The Kier molecular flexibility index (Phi) is 3.49. The van der Waals surface area contributed by atoms with Crippen molar-refractivity contribution in [3.63, 3.8) is 0 Å². The lowest BCUT2D eigenvalue weighted by atomic mass is 10.3. The van der Waals surface area contributed by atoms with E-state index in [9.17, 15) is 0 Å². The summed E-state index contributed by atoms with van der Waals surface area (Å²) < 4.78 is 5.40. The first-order valence-corrected chi connectivity index (χ1v) is 5.39. The lowest BCUT2D eigenvalue weighted by Gasteiger charge is -2.05. The molecule has 6 heteroatoms. The van der Waals surface area contributed by atoms with Crippen LogP contribution in [0.4, 0.5) is 0 Å². The van der Waals surface area contributed by atoms with E-state index in [0.29, 0.717) is 15.8 Å². The number of rotatable bonds is 2. The average Bonchev–Trinajstić information content (AvgIpc) is 2.27. The third kappa shape index (κ3) is 2.55. The maximum atomic E-state index is 5.84. The maximum absolute atomic E-state index is 5.84. The molecule has 16 heavy (non-hydrogen) atoms. The normalized spacial score (nSPS) is 10.2. The molecule has 0 aliphatic carbocycles. The van der Waals surface area contributed by atoms with Gasteiger partial charge in [0.25, 0.3) is 5.88 Å². The minimum Gasteiger partial charge on any atom is -0.436 e. The van der Waals surface area contributed by atoms with Crippen molar-refractivity contribution in [1.82, 2.24) is 9.97 Å². The number of aromatic nitrogens is 2. The number of hydrogen-bond donors (Lipinski definition) is 0. The van der Waals surface area contributed by atoms with E-state index < -0.39 is 0 Å². The summed E-state index contributed by atoms with van der Waals surface area (Å²) in [7, 11) is 0. The summed E-state index contributed by atoms with van der Waals surface area (Å²) in [5.41, 5.74) is 0. The van der Waals surface area contributed by atoms with Crippen molar-refractivity contribution in [1.29, 1.82) is 0 Å². The maximum Gasteiger partial charge on any atom is 0.257 e. The first-order valence-electron chi connectivity index (χ1n) is 4.26. The first-order chi connectivity index (χ1) is 7.66. The average molecular weight is 276 g/mol. The molecular weight excluding hydrogens is 270 g/mol. The summed E-state index contributed by atoms with van der Waals surface area (Å²) in [4.78, 5) is 7.77. The fourth-order valence-corrected chi connectivity index (χ4v) is 1.46. The molecule has 0 aliphatic heterocycles. The molecular formula is C10H5Cl3N2O. The highest BCUT2D eigenvalue weighted by Crippen LogP contribution is 2.30. The van der Waals surface area contributed by atoms with Crippen LogP contribution in [-0.4, -0.2) is 9.97 Å². The van der Waals surface area contributed by atoms with Crippen LogP contribution < -0.4 is 4.74 Å². The van der Waals surface area contributed by atoms with Crippen molar-refractivity contribution < 1.29 is 4.74 Å². The minimum atomic E-state index is 0.188. The molecule has 0 fully saturated rings. The highest BCUT2D eigenvalue weighted by Gasteiger charge is 2.06. The predicted octanol–water partition coefficient (Wildman–Crippen LogP) is 4.23. The molecule has 0 aliphatic rings. The van der Waals surface area contributed by atoms with E-state index in [2.05, 4.69) is 9.97 Å². The molecule has 2 aromatic rings. The molecule has 0 saturated carbocycles. The number of benzene rings is 1. The van der Waals surface area contributed by atoms with E-state index in [0.717, 1.165) is 0 Å². The molecule has 1 heterocycles. The summed E-state index contributed by atoms with van der Waals surface area (Å²) in [5.74, 6) is 0.722. The standard InChI is InChI=1S/C10H5Cl3N2O/c11-7-2-1-6(5-8(7)12)16-10-9(13)14-3-4-15-10/h1-5H. The second kappa shape index (κ2) is 4.87. The Bertz CT molecular complexity index is 519. The van der Waals surface area contributed by atoms with E-state index in [-0.39, 0.29) is 11.0 Å². The largest absolute Gasteiger partial charge is 0.436 e. The minimum absolute atomic E-state index is 0.188. The number of nitrogens with zero attached hydrogens (tertiary/aromatic N) is 2. The van der Waals surface area contributed by atoms with Crippen LogP contribution in [0.2, 0.25) is 15.2 Å². The molecule has 2 rings (SSSR count). The molecule has 1 aromatic carbocycles. The van der Waals surface area contributed by atoms with Crippen LogP contribution in [0.25, 0.3) is 0 Å². The van der Waals surface area contributed by atoms with Crippen LogP contribution in [-0.2, 0) is 0 Å². The third-order valence-electron chi connectivity index (χ3n) is 1.73. The first kappa shape index (κ1) is 11.5. The van der Waals surface area contributed by atoms with Gasteiger partial charge in [-0.2, -0.15) is 0 Å². The lowest BCUT2D eigenvalue weighted by molar-refractivity contribution is 0.460. The third-order valence-corrected chi connectivity index (χ3v) is 2.73. The van der Waals surface area contributed by atoms with Crippen LogP contribution in [0.5, 0.6) is 11.6 Å². The summed E-state index contributed by atoms with van der Waals surface area (Å²) in [6.45, 7) is 0. The number of ether oxygens (including phenoxy) is 1. The Labute approximate surface area is 107 Å². The highest BCUT2D eigenvalue weighted by atomic mass is 35.5. The van der Waals surface area contributed by atoms with Gasteiger partial charge in [-0.3, -0.25) is 0 Å². The van der Waals surface area contributed by atoms with Crippen molar-refractivity contribution >= 4 is 34.8 Å². The quantitative estimate of drug-likeness (QED) is 0.822. The van der Waals surface area contributed by atoms with Gasteiger partial charge in [-0.05, 0) is 12.1 Å². The van der Waals surface area contributed by atoms with Crippen LogP contribution in [0.15, 0.2) is 30.6 Å². The van der Waals surface area contributed by atoms with Crippen molar-refractivity contribution in [3.05, 3.63) is 45.8 Å². The van der Waals surface area contributed by atoms with Gasteiger partial charge in [0.05, 0.1) is 10.0 Å². The topological polar surface area (TPSA) is 35.0 Å². The zero-order valence-corrected chi connectivity index (χ0v) is 10.1. The van der Waals surface area contributed by atoms with Crippen LogP contribution in [0.1, 0.15) is 0 Å². The Balaban J connectivity index is 2.28. The highest BCUT2D eigenvalue weighted by molar-refractivity contribution is 6.42. The van der Waals surface area contributed by atoms with Gasteiger partial charge in [0.15, 0.2) is 5.15 Å². The smallest absolute Gasteiger partial charge is 0.257 e. The fraction of sp³-hybridized carbons (Fsp3) is 0. The summed E-state index contributed by atoms with van der Waals surface area (Å²) >= 11 is 17.4. The summed E-state index contributed by atoms with van der Waals surface area (Å²) in [6, 6.07) is 4.87. The predicted molar refractivity (Wildman–Crippen MR) is 63.6 cm³/mol. The molecule has 0 saturated heterocycles. The van der Waals surface area contributed by atoms with Crippen LogP contribution in [0.3, 0.4) is 0 Å². The lowest BCUT2D eigenvalue weighted by Crippen LogP contribution is -1.90. The van der Waals surface area contributed by atoms with Crippen molar-refractivity contribution in [3.8, 4) is 11.6 Å². The fourth-order valence-electron chi connectivity index (χ4n) is 1.03. The Morgan fingerprint density at radius 1 is 0.938 bits per heavy atom. The van der Waals surface area contributed by atoms with E-state index in [1.165, 1.54) is 12.4 Å². The zero-order chi connectivity index (χ0) is 11.5. The van der Waals surface area contributed by atoms with E-state index in [1.54, 1.807) is 18.2 Å². The van der Waals surface area contributed by atoms with Crippen molar-refractivity contribution in [2.24, 2.45) is 0 Å². The van der Waals surface area contributed by atoms with Gasteiger partial charge in [-0.1, -0.05) is 34.8 Å². The van der Waals surface area contributed by atoms with E-state index >= 15 is 0 Å². The van der Waals surface area contributed by atoms with Crippen LogP contribution in [0, 0.1) is 0 Å². The second-order valence-corrected chi connectivity index (χ2v) is 4.00. The molecule has 0 N–H and O–H groups in total. The Hall–Kier alpha value is -1.03. The van der Waals surface area contributed by atoms with Crippen molar-refractivity contribution in [2.45, 2.75) is 0 Å². The molecule has 82 valence electrons. The molecule has 1 aromatic heterocycles. The zero-order valence-electron chi connectivity index (χ0n) is 7.82. The summed E-state index contributed by atoms with van der Waals surface area (Å²) in [5, 5.41) is 1.05. The van der Waals surface area contributed by atoms with E-state index in [4.69, 9.17) is 39.5 Å². The molecule has 0 spiro atoms. The molecule has 0 amide bonds. The Morgan fingerprint density at radius 3 is 2.38 bits per heavy atom. The monoisotopic (exact) mass is 274 g/mol.